The van der Waals surface area contributed by atoms with E-state index in [9.17, 15) is 29.1 Å². The molecular formula is C33H43N7O8. The maximum Gasteiger partial charge on any atom is 0.274 e. The molecule has 1 aliphatic rings. The number of carbonyl (C=O) groups excluding carboxylic acids is 5. The number of carbonyl (C=O) groups is 5. The van der Waals surface area contributed by atoms with Gasteiger partial charge in [-0.05, 0) is 31.7 Å². The van der Waals surface area contributed by atoms with Crippen molar-refractivity contribution >= 4 is 29.5 Å². The van der Waals surface area contributed by atoms with E-state index in [1.807, 2.05) is 30.3 Å². The Labute approximate surface area is 278 Å². The van der Waals surface area contributed by atoms with Gasteiger partial charge in [0.25, 0.3) is 11.8 Å². The van der Waals surface area contributed by atoms with E-state index < -0.39 is 47.9 Å². The molecule has 0 saturated carbocycles. The summed E-state index contributed by atoms with van der Waals surface area (Å²) in [6.07, 6.45) is 1.82. The average molecular weight is 666 g/mol. The molecule has 3 heterocycles. The highest BCUT2D eigenvalue weighted by molar-refractivity contribution is 5.97. The highest BCUT2D eigenvalue weighted by Gasteiger charge is 2.31. The van der Waals surface area contributed by atoms with E-state index in [-0.39, 0.29) is 61.4 Å². The van der Waals surface area contributed by atoms with Crippen molar-refractivity contribution in [1.82, 2.24) is 36.3 Å². The summed E-state index contributed by atoms with van der Waals surface area (Å²) >= 11 is 0. The first-order valence-electron chi connectivity index (χ1n) is 16.0. The first-order valence-corrected chi connectivity index (χ1v) is 16.0. The van der Waals surface area contributed by atoms with Gasteiger partial charge in [-0.15, -0.1) is 0 Å². The van der Waals surface area contributed by atoms with Gasteiger partial charge in [-0.3, -0.25) is 24.0 Å². The van der Waals surface area contributed by atoms with Crippen LogP contribution in [0, 0.1) is 5.92 Å². The summed E-state index contributed by atoms with van der Waals surface area (Å²) in [5, 5.41) is 24.7. The molecule has 4 bridgehead atoms. The number of aliphatic hydroxyl groups excluding tert-OH is 1. The Morgan fingerprint density at radius 1 is 1.02 bits per heavy atom. The number of oxazole rings is 1. The number of aromatic nitrogens is 2. The topological polar surface area (TPSA) is 209 Å². The number of fused-ring (bicyclic) bond motifs is 4. The van der Waals surface area contributed by atoms with Gasteiger partial charge in [0.2, 0.25) is 23.6 Å². The van der Waals surface area contributed by atoms with Crippen molar-refractivity contribution in [2.24, 2.45) is 5.92 Å². The molecule has 258 valence electrons. The van der Waals surface area contributed by atoms with Crippen molar-refractivity contribution in [3.8, 4) is 0 Å². The van der Waals surface area contributed by atoms with Gasteiger partial charge in [0.05, 0.1) is 12.6 Å². The fourth-order valence-electron chi connectivity index (χ4n) is 5.08. The minimum atomic E-state index is -1.43. The summed E-state index contributed by atoms with van der Waals surface area (Å²) in [7, 11) is 0. The number of amides is 5. The zero-order chi connectivity index (χ0) is 34.8. The Kier molecular flexibility index (Phi) is 12.4. The van der Waals surface area contributed by atoms with Crippen molar-refractivity contribution in [3.63, 3.8) is 0 Å². The van der Waals surface area contributed by atoms with Gasteiger partial charge in [-0.1, -0.05) is 55.8 Å². The van der Waals surface area contributed by atoms with Crippen LogP contribution >= 0.6 is 0 Å². The maximum absolute atomic E-state index is 13.4. The summed E-state index contributed by atoms with van der Waals surface area (Å²) in [6, 6.07) is 7.37. The van der Waals surface area contributed by atoms with Crippen LogP contribution in [0.2, 0.25) is 0 Å². The number of rotatable bonds is 7. The van der Waals surface area contributed by atoms with Crippen LogP contribution < -0.4 is 21.3 Å². The highest BCUT2D eigenvalue weighted by Crippen LogP contribution is 2.20. The van der Waals surface area contributed by atoms with Crippen molar-refractivity contribution < 1.29 is 38.0 Å². The number of aliphatic hydroxyl groups is 1. The lowest BCUT2D eigenvalue weighted by atomic mass is 10.1. The largest absolute Gasteiger partial charge is 0.446 e. The Bertz CT molecular complexity index is 1570. The third kappa shape index (κ3) is 9.97. The molecule has 1 aliphatic heterocycles. The summed E-state index contributed by atoms with van der Waals surface area (Å²) < 4.78 is 11.1. The Morgan fingerprint density at radius 2 is 1.75 bits per heavy atom. The normalized spacial score (nSPS) is 20.6. The zero-order valence-corrected chi connectivity index (χ0v) is 27.5. The minimum absolute atomic E-state index is 0.00332. The molecule has 3 aromatic rings. The monoisotopic (exact) mass is 665 g/mol. The number of benzene rings is 1. The van der Waals surface area contributed by atoms with Crippen molar-refractivity contribution in [1.29, 1.82) is 0 Å². The molecule has 5 N–H and O–H groups in total. The molecule has 1 aromatic carbocycles. The number of nitrogens with one attached hydrogen (secondary N) is 4. The molecule has 0 spiro atoms. The minimum Gasteiger partial charge on any atom is -0.446 e. The molecule has 4 atom stereocenters. The van der Waals surface area contributed by atoms with Crippen LogP contribution in [0.15, 0.2) is 51.6 Å². The van der Waals surface area contributed by atoms with Crippen molar-refractivity contribution in [2.45, 2.75) is 84.2 Å². The van der Waals surface area contributed by atoms with Crippen LogP contribution in [-0.4, -0.2) is 81.0 Å². The predicted octanol–water partition coefficient (Wildman–Crippen LogP) is 1.65. The molecule has 4 rings (SSSR count). The maximum atomic E-state index is 13.4. The zero-order valence-electron chi connectivity index (χ0n) is 27.5. The van der Waals surface area contributed by atoms with Crippen LogP contribution in [0.1, 0.15) is 91.2 Å². The van der Waals surface area contributed by atoms with Crippen molar-refractivity contribution in [3.05, 3.63) is 71.3 Å². The Hall–Kier alpha value is -5.05. The molecule has 5 amide bonds. The SMILES string of the molecule is CC(C)CCCC(=O)N1CCNC(=O)[C@@H](C)NC(=O)[C@H]([C@@H](C)O)NC(=O)c2coc(n2)[C@@H](Cc2ccccc2)NC(=O)c2cc(on2)C1. The van der Waals surface area contributed by atoms with Gasteiger partial charge in [0.15, 0.2) is 17.1 Å². The lowest BCUT2D eigenvalue weighted by Crippen LogP contribution is -2.56. The smallest absolute Gasteiger partial charge is 0.274 e. The van der Waals surface area contributed by atoms with Gasteiger partial charge in [-0.25, -0.2) is 4.98 Å². The third-order valence-electron chi connectivity index (χ3n) is 7.79. The summed E-state index contributed by atoms with van der Waals surface area (Å²) in [6.45, 7) is 7.10. The van der Waals surface area contributed by atoms with Gasteiger partial charge < -0.3 is 40.2 Å². The molecule has 0 radical (unpaired) electrons. The molecule has 0 saturated heterocycles. The number of nitrogens with zero attached hydrogens (tertiary/aromatic N) is 3. The molecule has 0 fully saturated rings. The fraction of sp³-hybridized carbons (Fsp3) is 0.485. The Morgan fingerprint density at radius 3 is 2.46 bits per heavy atom. The van der Waals surface area contributed by atoms with Crippen LogP contribution in [-0.2, 0) is 27.3 Å². The number of hydrogen-bond acceptors (Lipinski definition) is 10. The Balaban J connectivity index is 1.64. The van der Waals surface area contributed by atoms with Crippen LogP contribution in [0.4, 0.5) is 0 Å². The standard InChI is InChI=1S/C33H43N7O8/c1-19(2)9-8-12-27(42)40-14-13-34-29(43)20(3)35-32(46)28(21(4)41)38-31(45)26-18-47-33(37-26)25(15-22-10-6-5-7-11-22)36-30(44)24-16-23(17-40)48-39-24/h5-7,10-11,16,18-21,25,28,41H,8-9,12-15,17H2,1-4H3,(H,34,43)(H,35,46)(H,36,44)(H,38,45)/t20-,21-,25-,28+/m1/s1. The highest BCUT2D eigenvalue weighted by atomic mass is 16.5. The lowest BCUT2D eigenvalue weighted by Gasteiger charge is -2.24. The van der Waals surface area contributed by atoms with Crippen molar-refractivity contribution in [2.75, 3.05) is 13.1 Å². The van der Waals surface area contributed by atoms with E-state index in [1.54, 1.807) is 0 Å². The van der Waals surface area contributed by atoms with Crippen LogP contribution in [0.25, 0.3) is 0 Å². The summed E-state index contributed by atoms with van der Waals surface area (Å²) in [5.74, 6) is -2.24. The second-order valence-electron chi connectivity index (χ2n) is 12.3. The quantitative estimate of drug-likeness (QED) is 0.246. The van der Waals surface area contributed by atoms with E-state index in [0.29, 0.717) is 12.3 Å². The first-order chi connectivity index (χ1) is 22.9. The second-order valence-corrected chi connectivity index (χ2v) is 12.3. The summed E-state index contributed by atoms with van der Waals surface area (Å²) in [5.41, 5.74) is 0.597. The third-order valence-corrected chi connectivity index (χ3v) is 7.79. The molecule has 15 nitrogen and oxygen atoms in total. The van der Waals surface area contributed by atoms with E-state index in [1.165, 1.54) is 24.8 Å². The van der Waals surface area contributed by atoms with Gasteiger partial charge in [0, 0.05) is 32.0 Å². The van der Waals surface area contributed by atoms with E-state index in [2.05, 4.69) is 45.3 Å². The van der Waals surface area contributed by atoms with Crippen LogP contribution in [0.3, 0.4) is 0 Å². The molecular weight excluding hydrogens is 622 g/mol. The van der Waals surface area contributed by atoms with Gasteiger partial charge in [0.1, 0.15) is 24.4 Å². The first kappa shape index (κ1) is 35.8. The molecule has 2 aromatic heterocycles. The lowest BCUT2D eigenvalue weighted by molar-refractivity contribution is -0.133. The summed E-state index contributed by atoms with van der Waals surface area (Å²) in [4.78, 5) is 71.4. The van der Waals surface area contributed by atoms with Crippen LogP contribution in [0.5, 0.6) is 0 Å². The van der Waals surface area contributed by atoms with Gasteiger partial charge in [-0.2, -0.15) is 0 Å². The molecule has 0 unspecified atom stereocenters. The van der Waals surface area contributed by atoms with Gasteiger partial charge >= 0.3 is 0 Å². The van der Waals surface area contributed by atoms with E-state index in [4.69, 9.17) is 8.94 Å². The number of hydrogen-bond donors (Lipinski definition) is 5. The molecule has 15 heteroatoms. The molecule has 0 aliphatic carbocycles. The van der Waals surface area contributed by atoms with E-state index >= 15 is 0 Å². The average Bonchev–Trinajstić information content (AvgIpc) is 3.73. The predicted molar refractivity (Wildman–Crippen MR) is 171 cm³/mol. The van der Waals surface area contributed by atoms with E-state index in [0.717, 1.165) is 18.2 Å². The second kappa shape index (κ2) is 16.7. The molecule has 48 heavy (non-hydrogen) atoms. The fourth-order valence-corrected chi connectivity index (χ4v) is 5.08.